The molecule has 1 fully saturated rings. The number of hydrogen-bond acceptors (Lipinski definition) is 2. The number of amides is 1. The summed E-state index contributed by atoms with van der Waals surface area (Å²) in [5, 5.41) is 8.98. The smallest absolute Gasteiger partial charge is 0.306 e. The number of rotatable bonds is 2. The predicted molar refractivity (Wildman–Crippen MR) is 75.1 cm³/mol. The van der Waals surface area contributed by atoms with Crippen LogP contribution in [-0.2, 0) is 16.0 Å². The van der Waals surface area contributed by atoms with Gasteiger partial charge in [0.05, 0.1) is 5.92 Å². The average molecular weight is 271 g/mol. The largest absolute Gasteiger partial charge is 0.481 e. The van der Waals surface area contributed by atoms with E-state index >= 15 is 0 Å². The minimum Gasteiger partial charge on any atom is -0.481 e. The van der Waals surface area contributed by atoms with Crippen LogP contribution in [0.4, 0.5) is 0 Å². The number of benzene rings is 1. The van der Waals surface area contributed by atoms with Crippen molar-refractivity contribution in [2.24, 2.45) is 5.92 Å². The summed E-state index contributed by atoms with van der Waals surface area (Å²) in [6.07, 6.45) is 3.76. The van der Waals surface area contributed by atoms with Crippen molar-refractivity contribution in [2.75, 3.05) is 13.1 Å². The molecule has 1 amide bonds. The van der Waals surface area contributed by atoms with Crippen LogP contribution in [0.25, 0.3) is 6.08 Å². The van der Waals surface area contributed by atoms with Crippen LogP contribution < -0.4 is 0 Å². The highest BCUT2D eigenvalue weighted by molar-refractivity contribution is 6.00. The van der Waals surface area contributed by atoms with Crippen LogP contribution in [0.1, 0.15) is 24.0 Å². The zero-order valence-electron chi connectivity index (χ0n) is 11.2. The van der Waals surface area contributed by atoms with Crippen molar-refractivity contribution in [3.8, 4) is 0 Å². The van der Waals surface area contributed by atoms with Crippen LogP contribution in [0.3, 0.4) is 0 Å². The third-order valence-electron chi connectivity index (χ3n) is 4.17. The average Bonchev–Trinajstić information content (AvgIpc) is 2.90. The summed E-state index contributed by atoms with van der Waals surface area (Å²) in [6.45, 7) is 1.09. The van der Waals surface area contributed by atoms with Gasteiger partial charge in [-0.2, -0.15) is 0 Å². The van der Waals surface area contributed by atoms with Gasteiger partial charge in [-0.1, -0.05) is 24.3 Å². The summed E-state index contributed by atoms with van der Waals surface area (Å²) in [7, 11) is 0. The molecule has 1 N–H and O–H groups in total. The van der Waals surface area contributed by atoms with E-state index in [-0.39, 0.29) is 11.8 Å². The van der Waals surface area contributed by atoms with Crippen LogP contribution in [0, 0.1) is 5.92 Å². The summed E-state index contributed by atoms with van der Waals surface area (Å²) in [5.74, 6) is -0.983. The van der Waals surface area contributed by atoms with E-state index in [0.29, 0.717) is 32.4 Å². The summed E-state index contributed by atoms with van der Waals surface area (Å²) in [6, 6.07) is 8.02. The van der Waals surface area contributed by atoms with Gasteiger partial charge in [-0.25, -0.2) is 0 Å². The maximum absolute atomic E-state index is 12.5. The summed E-state index contributed by atoms with van der Waals surface area (Å²) in [5.41, 5.74) is 3.13. The second-order valence-corrected chi connectivity index (χ2v) is 5.45. The summed E-state index contributed by atoms with van der Waals surface area (Å²) >= 11 is 0. The van der Waals surface area contributed by atoms with E-state index in [9.17, 15) is 9.59 Å². The van der Waals surface area contributed by atoms with E-state index in [4.69, 9.17) is 5.11 Å². The Labute approximate surface area is 117 Å². The molecular weight excluding hydrogens is 254 g/mol. The highest BCUT2D eigenvalue weighted by Gasteiger charge is 2.29. The predicted octanol–water partition coefficient (Wildman–Crippen LogP) is 1.95. The van der Waals surface area contributed by atoms with Gasteiger partial charge in [-0.3, -0.25) is 9.59 Å². The Morgan fingerprint density at radius 1 is 1.15 bits per heavy atom. The second kappa shape index (κ2) is 5.12. The van der Waals surface area contributed by atoms with E-state index in [1.54, 1.807) is 4.90 Å². The normalized spacial score (nSPS) is 18.6. The number of fused-ring (bicyclic) bond motifs is 1. The molecular formula is C16H17NO3. The Kier molecular flexibility index (Phi) is 3.30. The monoisotopic (exact) mass is 271 g/mol. The molecule has 0 unspecified atom stereocenters. The fraction of sp³-hybridized carbons (Fsp3) is 0.375. The van der Waals surface area contributed by atoms with Crippen molar-refractivity contribution in [3.05, 3.63) is 41.0 Å². The van der Waals surface area contributed by atoms with Crippen molar-refractivity contribution >= 4 is 18.0 Å². The van der Waals surface area contributed by atoms with Gasteiger partial charge >= 0.3 is 5.97 Å². The Balaban J connectivity index is 1.66. The molecule has 0 atom stereocenters. The molecule has 20 heavy (non-hydrogen) atoms. The number of carboxylic acids is 1. The minimum absolute atomic E-state index is 0.0602. The van der Waals surface area contributed by atoms with Crippen LogP contribution in [0.15, 0.2) is 29.8 Å². The summed E-state index contributed by atoms with van der Waals surface area (Å²) < 4.78 is 0. The Bertz CT molecular complexity index is 583. The number of carbonyl (C=O) groups is 2. The third-order valence-corrected chi connectivity index (χ3v) is 4.17. The molecule has 4 heteroatoms. The first kappa shape index (κ1) is 12.9. The van der Waals surface area contributed by atoms with E-state index in [0.717, 1.165) is 11.1 Å². The molecule has 0 saturated carbocycles. The number of hydrogen-bond donors (Lipinski definition) is 1. The van der Waals surface area contributed by atoms with Gasteiger partial charge in [0.15, 0.2) is 0 Å². The highest BCUT2D eigenvalue weighted by atomic mass is 16.4. The molecule has 4 nitrogen and oxygen atoms in total. The zero-order valence-corrected chi connectivity index (χ0v) is 11.2. The number of piperidine rings is 1. The van der Waals surface area contributed by atoms with Crippen LogP contribution in [0.5, 0.6) is 0 Å². The lowest BCUT2D eigenvalue weighted by Gasteiger charge is -2.30. The first-order valence-electron chi connectivity index (χ1n) is 6.95. The SMILES string of the molecule is O=C(O)C1CCN(C(=O)C2=Cc3ccccc3C2)CC1. The van der Waals surface area contributed by atoms with Gasteiger partial charge in [0, 0.05) is 25.1 Å². The molecule has 1 saturated heterocycles. The number of carboxylic acid groups (broad SMARTS) is 1. The van der Waals surface area contributed by atoms with Gasteiger partial charge < -0.3 is 10.0 Å². The molecule has 2 aliphatic rings. The molecule has 0 bridgehead atoms. The van der Waals surface area contributed by atoms with Gasteiger partial charge in [0.2, 0.25) is 5.91 Å². The first-order valence-corrected chi connectivity index (χ1v) is 6.95. The number of aliphatic carboxylic acids is 1. The van der Waals surface area contributed by atoms with Crippen molar-refractivity contribution in [2.45, 2.75) is 19.3 Å². The number of nitrogens with zero attached hydrogens (tertiary/aromatic N) is 1. The first-order chi connectivity index (χ1) is 9.65. The lowest BCUT2D eigenvalue weighted by Crippen LogP contribution is -2.40. The minimum atomic E-state index is -0.746. The maximum Gasteiger partial charge on any atom is 0.306 e. The molecule has 3 rings (SSSR count). The summed E-state index contributed by atoms with van der Waals surface area (Å²) in [4.78, 5) is 25.2. The Morgan fingerprint density at radius 2 is 1.85 bits per heavy atom. The topological polar surface area (TPSA) is 57.6 Å². The standard InChI is InChI=1S/C16H17NO3/c18-15(17-7-5-11(6-8-17)16(19)20)14-9-12-3-1-2-4-13(12)10-14/h1-4,9,11H,5-8,10H2,(H,19,20). The number of carbonyl (C=O) groups excluding carboxylic acids is 1. The fourth-order valence-electron chi connectivity index (χ4n) is 2.95. The van der Waals surface area contributed by atoms with Crippen molar-refractivity contribution in [1.29, 1.82) is 0 Å². The van der Waals surface area contributed by atoms with Gasteiger partial charge in [0.25, 0.3) is 0 Å². The van der Waals surface area contributed by atoms with Gasteiger partial charge in [-0.15, -0.1) is 0 Å². The van der Waals surface area contributed by atoms with Crippen LogP contribution >= 0.6 is 0 Å². The maximum atomic E-state index is 12.5. The molecule has 104 valence electrons. The molecule has 1 aromatic rings. The van der Waals surface area contributed by atoms with E-state index in [1.165, 1.54) is 5.56 Å². The molecule has 0 aromatic heterocycles. The quantitative estimate of drug-likeness (QED) is 0.894. The van der Waals surface area contributed by atoms with Gasteiger partial charge in [0.1, 0.15) is 0 Å². The van der Waals surface area contributed by atoms with E-state index in [1.807, 2.05) is 30.3 Å². The van der Waals surface area contributed by atoms with E-state index in [2.05, 4.69) is 0 Å². The molecule has 0 spiro atoms. The van der Waals surface area contributed by atoms with Crippen molar-refractivity contribution in [3.63, 3.8) is 0 Å². The van der Waals surface area contributed by atoms with Crippen LogP contribution in [0.2, 0.25) is 0 Å². The van der Waals surface area contributed by atoms with Crippen LogP contribution in [-0.4, -0.2) is 35.0 Å². The number of likely N-dealkylation sites (tertiary alicyclic amines) is 1. The van der Waals surface area contributed by atoms with Crippen molar-refractivity contribution < 1.29 is 14.7 Å². The molecule has 1 aliphatic carbocycles. The van der Waals surface area contributed by atoms with Gasteiger partial charge in [-0.05, 0) is 30.0 Å². The molecule has 1 aromatic carbocycles. The third kappa shape index (κ3) is 2.33. The zero-order chi connectivity index (χ0) is 14.1. The Hall–Kier alpha value is -2.10. The highest BCUT2D eigenvalue weighted by Crippen LogP contribution is 2.27. The second-order valence-electron chi connectivity index (χ2n) is 5.45. The Morgan fingerprint density at radius 3 is 2.50 bits per heavy atom. The lowest BCUT2D eigenvalue weighted by molar-refractivity contribution is -0.145. The lowest BCUT2D eigenvalue weighted by atomic mass is 9.96. The van der Waals surface area contributed by atoms with Crippen molar-refractivity contribution in [1.82, 2.24) is 4.90 Å². The van der Waals surface area contributed by atoms with E-state index < -0.39 is 5.97 Å². The molecule has 1 heterocycles. The molecule has 1 aliphatic heterocycles. The fourth-order valence-corrected chi connectivity index (χ4v) is 2.95. The molecule has 0 radical (unpaired) electrons.